The van der Waals surface area contributed by atoms with Crippen molar-refractivity contribution in [1.29, 1.82) is 0 Å². The number of nitrogens with one attached hydrogen (secondary N) is 1. The number of carbonyl (C=O) groups is 1. The molecule has 2 nitrogen and oxygen atoms in total. The predicted octanol–water partition coefficient (Wildman–Crippen LogP) is 4.80. The highest BCUT2D eigenvalue weighted by molar-refractivity contribution is 5.96. The van der Waals surface area contributed by atoms with Crippen molar-refractivity contribution in [2.45, 2.75) is 47.1 Å². The molecule has 116 valence electrons. The Morgan fingerprint density at radius 3 is 2.23 bits per heavy atom. The van der Waals surface area contributed by atoms with E-state index < -0.39 is 0 Å². The molecule has 0 heterocycles. The Bertz CT molecular complexity index is 688. The fourth-order valence-corrected chi connectivity index (χ4v) is 2.82. The van der Waals surface area contributed by atoms with Gasteiger partial charge in [-0.05, 0) is 68.0 Å². The summed E-state index contributed by atoms with van der Waals surface area (Å²) < 4.78 is 0. The molecule has 22 heavy (non-hydrogen) atoms. The molecule has 2 rings (SSSR count). The van der Waals surface area contributed by atoms with Crippen LogP contribution in [0.5, 0.6) is 0 Å². The van der Waals surface area contributed by atoms with Gasteiger partial charge in [0, 0.05) is 5.56 Å². The minimum absolute atomic E-state index is 0.00991. The molecule has 2 heteroatoms. The van der Waals surface area contributed by atoms with E-state index in [2.05, 4.69) is 44.3 Å². The molecule has 0 aliphatic rings. The van der Waals surface area contributed by atoms with Crippen molar-refractivity contribution in [2.24, 2.45) is 0 Å². The molecule has 0 saturated heterocycles. The minimum atomic E-state index is 0.00991. The number of rotatable bonds is 4. The van der Waals surface area contributed by atoms with Crippen LogP contribution in [0.2, 0.25) is 0 Å². The van der Waals surface area contributed by atoms with Gasteiger partial charge in [-0.15, -0.1) is 0 Å². The molecule has 0 aliphatic heterocycles. The monoisotopic (exact) mass is 295 g/mol. The topological polar surface area (TPSA) is 29.1 Å². The fourth-order valence-electron chi connectivity index (χ4n) is 2.82. The van der Waals surface area contributed by atoms with E-state index in [1.54, 1.807) is 0 Å². The predicted molar refractivity (Wildman–Crippen MR) is 92.3 cm³/mol. The van der Waals surface area contributed by atoms with Crippen LogP contribution in [0.4, 0.5) is 0 Å². The molecule has 1 N–H and O–H groups in total. The number of hydrogen-bond acceptors (Lipinski definition) is 1. The molecule has 1 atom stereocenters. The number of amides is 1. The summed E-state index contributed by atoms with van der Waals surface area (Å²) in [5.74, 6) is 0.00991. The minimum Gasteiger partial charge on any atom is -0.345 e. The van der Waals surface area contributed by atoms with Crippen LogP contribution in [0.25, 0.3) is 0 Å². The van der Waals surface area contributed by atoms with E-state index in [0.29, 0.717) is 0 Å². The molecular formula is C20H25NO. The fraction of sp³-hybridized carbons (Fsp3) is 0.350. The lowest BCUT2D eigenvalue weighted by atomic mass is 9.97. The van der Waals surface area contributed by atoms with E-state index >= 15 is 0 Å². The summed E-state index contributed by atoms with van der Waals surface area (Å²) >= 11 is 0. The van der Waals surface area contributed by atoms with Gasteiger partial charge in [-0.2, -0.15) is 0 Å². The van der Waals surface area contributed by atoms with Crippen LogP contribution in [-0.4, -0.2) is 5.91 Å². The second kappa shape index (κ2) is 6.78. The highest BCUT2D eigenvalue weighted by Gasteiger charge is 2.17. The van der Waals surface area contributed by atoms with Gasteiger partial charge in [-0.1, -0.05) is 37.3 Å². The first-order valence-electron chi connectivity index (χ1n) is 7.88. The van der Waals surface area contributed by atoms with E-state index in [1.807, 2.05) is 32.0 Å². The molecule has 2 aromatic rings. The lowest BCUT2D eigenvalue weighted by Crippen LogP contribution is -2.29. The zero-order valence-corrected chi connectivity index (χ0v) is 14.2. The molecule has 0 aliphatic carbocycles. The van der Waals surface area contributed by atoms with Gasteiger partial charge in [0.05, 0.1) is 6.04 Å². The Morgan fingerprint density at radius 1 is 0.955 bits per heavy atom. The normalized spacial score (nSPS) is 12.0. The molecule has 0 aromatic heterocycles. The Hall–Kier alpha value is -2.09. The first-order chi connectivity index (χ1) is 10.4. The summed E-state index contributed by atoms with van der Waals surface area (Å²) in [6.07, 6.45) is 0.875. The summed E-state index contributed by atoms with van der Waals surface area (Å²) in [6.45, 7) is 10.3. The summed E-state index contributed by atoms with van der Waals surface area (Å²) in [5.41, 5.74) is 6.58. The van der Waals surface area contributed by atoms with Gasteiger partial charge in [0.15, 0.2) is 0 Å². The van der Waals surface area contributed by atoms with E-state index in [1.165, 1.54) is 16.7 Å². The Balaban J connectivity index is 2.27. The standard InChI is InChI=1S/C20H25NO/c1-6-19(17-10-8-7-9-13(17)2)21-20(22)18-12-15(4)14(3)11-16(18)5/h7-12,19H,6H2,1-5H3,(H,21,22). The second-order valence-corrected chi connectivity index (χ2v) is 6.04. The van der Waals surface area contributed by atoms with Gasteiger partial charge in [-0.3, -0.25) is 4.79 Å². The molecular weight excluding hydrogens is 270 g/mol. The molecule has 0 bridgehead atoms. The quantitative estimate of drug-likeness (QED) is 0.862. The average Bonchev–Trinajstić information content (AvgIpc) is 2.49. The van der Waals surface area contributed by atoms with E-state index in [0.717, 1.165) is 23.1 Å². The van der Waals surface area contributed by atoms with Gasteiger partial charge >= 0.3 is 0 Å². The van der Waals surface area contributed by atoms with Crippen LogP contribution in [0.15, 0.2) is 36.4 Å². The molecule has 0 radical (unpaired) electrons. The highest BCUT2D eigenvalue weighted by atomic mass is 16.1. The van der Waals surface area contributed by atoms with Crippen LogP contribution in [-0.2, 0) is 0 Å². The second-order valence-electron chi connectivity index (χ2n) is 6.04. The molecule has 0 spiro atoms. The number of benzene rings is 2. The largest absolute Gasteiger partial charge is 0.345 e. The van der Waals surface area contributed by atoms with E-state index in [9.17, 15) is 4.79 Å². The maximum absolute atomic E-state index is 12.7. The van der Waals surface area contributed by atoms with Crippen molar-refractivity contribution in [2.75, 3.05) is 0 Å². The van der Waals surface area contributed by atoms with E-state index in [4.69, 9.17) is 0 Å². The maximum Gasteiger partial charge on any atom is 0.252 e. The van der Waals surface area contributed by atoms with Crippen LogP contribution in [0.1, 0.15) is 57.6 Å². The third-order valence-electron chi connectivity index (χ3n) is 4.36. The number of hydrogen-bond donors (Lipinski definition) is 1. The zero-order chi connectivity index (χ0) is 16.3. The van der Waals surface area contributed by atoms with Gasteiger partial charge < -0.3 is 5.32 Å². The lowest BCUT2D eigenvalue weighted by Gasteiger charge is -2.20. The summed E-state index contributed by atoms with van der Waals surface area (Å²) in [4.78, 5) is 12.7. The lowest BCUT2D eigenvalue weighted by molar-refractivity contribution is 0.0935. The third-order valence-corrected chi connectivity index (χ3v) is 4.36. The van der Waals surface area contributed by atoms with Crippen LogP contribution in [0.3, 0.4) is 0 Å². The molecule has 0 fully saturated rings. The first-order valence-corrected chi connectivity index (χ1v) is 7.88. The highest BCUT2D eigenvalue weighted by Crippen LogP contribution is 2.22. The van der Waals surface area contributed by atoms with Crippen LogP contribution in [0, 0.1) is 27.7 Å². The summed E-state index contributed by atoms with van der Waals surface area (Å²) in [6, 6.07) is 12.4. The van der Waals surface area contributed by atoms with Crippen molar-refractivity contribution in [3.63, 3.8) is 0 Å². The number of carbonyl (C=O) groups excluding carboxylic acids is 1. The van der Waals surface area contributed by atoms with Crippen LogP contribution >= 0.6 is 0 Å². The summed E-state index contributed by atoms with van der Waals surface area (Å²) in [5, 5.41) is 3.19. The first kappa shape index (κ1) is 16.3. The van der Waals surface area contributed by atoms with E-state index in [-0.39, 0.29) is 11.9 Å². The average molecular weight is 295 g/mol. The molecule has 0 saturated carbocycles. The van der Waals surface area contributed by atoms with Crippen molar-refractivity contribution in [1.82, 2.24) is 5.32 Å². The van der Waals surface area contributed by atoms with Crippen LogP contribution < -0.4 is 5.32 Å². The Morgan fingerprint density at radius 2 is 1.59 bits per heavy atom. The third kappa shape index (κ3) is 3.38. The van der Waals surface area contributed by atoms with Crippen molar-refractivity contribution in [3.8, 4) is 0 Å². The maximum atomic E-state index is 12.7. The van der Waals surface area contributed by atoms with Gasteiger partial charge in [0.2, 0.25) is 0 Å². The van der Waals surface area contributed by atoms with Gasteiger partial charge in [-0.25, -0.2) is 0 Å². The molecule has 1 amide bonds. The summed E-state index contributed by atoms with van der Waals surface area (Å²) in [7, 11) is 0. The number of aryl methyl sites for hydroxylation is 4. The van der Waals surface area contributed by atoms with Crippen molar-refractivity contribution < 1.29 is 4.79 Å². The molecule has 2 aromatic carbocycles. The van der Waals surface area contributed by atoms with Gasteiger partial charge in [0.1, 0.15) is 0 Å². The Labute approximate surface area is 133 Å². The Kier molecular flexibility index (Phi) is 5.02. The van der Waals surface area contributed by atoms with Crippen molar-refractivity contribution >= 4 is 5.91 Å². The molecule has 1 unspecified atom stereocenters. The zero-order valence-electron chi connectivity index (χ0n) is 14.2. The van der Waals surface area contributed by atoms with Gasteiger partial charge in [0.25, 0.3) is 5.91 Å². The SMILES string of the molecule is CCC(NC(=O)c1cc(C)c(C)cc1C)c1ccccc1C. The van der Waals surface area contributed by atoms with Crippen molar-refractivity contribution in [3.05, 3.63) is 69.8 Å². The smallest absolute Gasteiger partial charge is 0.252 e.